The number of carbonyl (C=O) groups is 1. The van der Waals surface area contributed by atoms with Gasteiger partial charge in [-0.2, -0.15) is 0 Å². The second-order valence-corrected chi connectivity index (χ2v) is 6.60. The SMILES string of the molecule is COCCCOCCS(=O)(=O)c1ccc(CC(=O)O)cc1. The van der Waals surface area contributed by atoms with Crippen LogP contribution in [-0.2, 0) is 30.5 Å². The molecule has 0 heterocycles. The first kappa shape index (κ1) is 17.6. The summed E-state index contributed by atoms with van der Waals surface area (Å²) in [6.07, 6.45) is 0.601. The quantitative estimate of drug-likeness (QED) is 0.651. The summed E-state index contributed by atoms with van der Waals surface area (Å²) in [5.74, 6) is -1.05. The second kappa shape index (κ2) is 8.76. The van der Waals surface area contributed by atoms with E-state index in [0.717, 1.165) is 6.42 Å². The van der Waals surface area contributed by atoms with Crippen LogP contribution in [0.5, 0.6) is 0 Å². The van der Waals surface area contributed by atoms with Gasteiger partial charge in [0, 0.05) is 20.3 Å². The molecule has 0 saturated heterocycles. The van der Waals surface area contributed by atoms with E-state index in [9.17, 15) is 13.2 Å². The average Bonchev–Trinajstić information content (AvgIpc) is 2.42. The number of ether oxygens (including phenoxy) is 2. The molecule has 0 aliphatic carbocycles. The van der Waals surface area contributed by atoms with Crippen LogP contribution in [0, 0.1) is 0 Å². The number of carboxylic acid groups (broad SMARTS) is 1. The van der Waals surface area contributed by atoms with E-state index in [4.69, 9.17) is 14.6 Å². The van der Waals surface area contributed by atoms with Crippen molar-refractivity contribution >= 4 is 15.8 Å². The Morgan fingerprint density at radius 3 is 2.38 bits per heavy atom. The topological polar surface area (TPSA) is 89.9 Å². The Balaban J connectivity index is 2.48. The molecular formula is C14H20O6S. The molecule has 0 aliphatic rings. The predicted molar refractivity (Wildman–Crippen MR) is 77.1 cm³/mol. The molecular weight excluding hydrogens is 296 g/mol. The number of methoxy groups -OCH3 is 1. The molecule has 0 amide bonds. The van der Waals surface area contributed by atoms with E-state index < -0.39 is 15.8 Å². The van der Waals surface area contributed by atoms with Gasteiger partial charge in [-0.25, -0.2) is 8.42 Å². The molecule has 6 nitrogen and oxygen atoms in total. The van der Waals surface area contributed by atoms with Gasteiger partial charge in [-0.15, -0.1) is 0 Å². The van der Waals surface area contributed by atoms with E-state index in [2.05, 4.69) is 0 Å². The van der Waals surface area contributed by atoms with Gasteiger partial charge in [0.25, 0.3) is 0 Å². The van der Waals surface area contributed by atoms with Crippen LogP contribution in [0.15, 0.2) is 29.2 Å². The van der Waals surface area contributed by atoms with E-state index in [1.807, 2.05) is 0 Å². The summed E-state index contributed by atoms with van der Waals surface area (Å²) in [7, 11) is -1.81. The first-order valence-corrected chi connectivity index (χ1v) is 8.21. The highest BCUT2D eigenvalue weighted by molar-refractivity contribution is 7.91. The zero-order valence-electron chi connectivity index (χ0n) is 11.9. The van der Waals surface area contributed by atoms with Crippen molar-refractivity contribution in [1.29, 1.82) is 0 Å². The summed E-state index contributed by atoms with van der Waals surface area (Å²) in [6.45, 7) is 1.17. The molecule has 0 atom stereocenters. The minimum absolute atomic E-state index is 0.0989. The highest BCUT2D eigenvalue weighted by Crippen LogP contribution is 2.13. The van der Waals surface area contributed by atoms with Crippen molar-refractivity contribution in [3.63, 3.8) is 0 Å². The van der Waals surface area contributed by atoms with Crippen LogP contribution in [0.1, 0.15) is 12.0 Å². The Labute approximate surface area is 124 Å². The van der Waals surface area contributed by atoms with Crippen molar-refractivity contribution in [3.05, 3.63) is 29.8 Å². The maximum Gasteiger partial charge on any atom is 0.307 e. The number of carboxylic acids is 1. The zero-order valence-corrected chi connectivity index (χ0v) is 12.8. The Hall–Kier alpha value is -1.44. The third-order valence-electron chi connectivity index (χ3n) is 2.77. The van der Waals surface area contributed by atoms with E-state index in [1.165, 1.54) is 24.3 Å². The smallest absolute Gasteiger partial charge is 0.307 e. The Morgan fingerprint density at radius 2 is 1.81 bits per heavy atom. The first-order valence-electron chi connectivity index (χ1n) is 6.56. The Kier molecular flexibility index (Phi) is 7.35. The van der Waals surface area contributed by atoms with Gasteiger partial charge in [0.05, 0.1) is 23.7 Å². The summed E-state index contributed by atoms with van der Waals surface area (Å²) < 4.78 is 34.2. The molecule has 1 aromatic rings. The fourth-order valence-corrected chi connectivity index (χ4v) is 2.81. The lowest BCUT2D eigenvalue weighted by molar-refractivity contribution is -0.136. The highest BCUT2D eigenvalue weighted by atomic mass is 32.2. The molecule has 118 valence electrons. The van der Waals surface area contributed by atoms with Crippen molar-refractivity contribution < 1.29 is 27.8 Å². The molecule has 0 unspecified atom stereocenters. The van der Waals surface area contributed by atoms with Crippen LogP contribution in [-0.4, -0.2) is 52.2 Å². The largest absolute Gasteiger partial charge is 0.481 e. The Bertz CT molecular complexity index is 535. The number of sulfone groups is 1. The van der Waals surface area contributed by atoms with Crippen LogP contribution < -0.4 is 0 Å². The van der Waals surface area contributed by atoms with E-state index in [1.54, 1.807) is 7.11 Å². The maximum absolute atomic E-state index is 12.0. The molecule has 0 aromatic heterocycles. The van der Waals surface area contributed by atoms with Crippen LogP contribution in [0.2, 0.25) is 0 Å². The summed E-state index contributed by atoms with van der Waals surface area (Å²) in [6, 6.07) is 5.89. The Morgan fingerprint density at radius 1 is 1.14 bits per heavy atom. The van der Waals surface area contributed by atoms with Crippen molar-refractivity contribution in [2.24, 2.45) is 0 Å². The van der Waals surface area contributed by atoms with E-state index in [0.29, 0.717) is 18.8 Å². The minimum atomic E-state index is -3.40. The van der Waals surface area contributed by atoms with E-state index in [-0.39, 0.29) is 23.7 Å². The summed E-state index contributed by atoms with van der Waals surface area (Å²) in [5.41, 5.74) is 0.567. The maximum atomic E-state index is 12.0. The predicted octanol–water partition coefficient (Wildman–Crippen LogP) is 1.14. The average molecular weight is 316 g/mol. The normalized spacial score (nSPS) is 11.5. The standard InChI is InChI=1S/C14H20O6S/c1-19-7-2-8-20-9-10-21(17,18)13-5-3-12(4-6-13)11-14(15)16/h3-6H,2,7-11H2,1H3,(H,15,16). The van der Waals surface area contributed by atoms with Crippen molar-refractivity contribution in [1.82, 2.24) is 0 Å². The third kappa shape index (κ3) is 6.70. The zero-order chi connectivity index (χ0) is 15.7. The third-order valence-corrected chi connectivity index (χ3v) is 4.47. The number of hydrogen-bond acceptors (Lipinski definition) is 5. The molecule has 0 bridgehead atoms. The van der Waals surface area contributed by atoms with Gasteiger partial charge in [-0.1, -0.05) is 12.1 Å². The minimum Gasteiger partial charge on any atom is -0.481 e. The molecule has 0 spiro atoms. The van der Waals surface area contributed by atoms with Gasteiger partial charge >= 0.3 is 5.97 Å². The first-order chi connectivity index (χ1) is 9.95. The molecule has 0 aliphatic heterocycles. The summed E-state index contributed by atoms with van der Waals surface area (Å²) in [5, 5.41) is 8.66. The lowest BCUT2D eigenvalue weighted by Crippen LogP contribution is -2.13. The van der Waals surface area contributed by atoms with Crippen LogP contribution in [0.3, 0.4) is 0 Å². The molecule has 0 saturated carbocycles. The van der Waals surface area contributed by atoms with Crippen LogP contribution >= 0.6 is 0 Å². The molecule has 7 heteroatoms. The summed E-state index contributed by atoms with van der Waals surface area (Å²) in [4.78, 5) is 10.7. The van der Waals surface area contributed by atoms with Crippen LogP contribution in [0.25, 0.3) is 0 Å². The molecule has 21 heavy (non-hydrogen) atoms. The van der Waals surface area contributed by atoms with Crippen molar-refractivity contribution in [2.75, 3.05) is 32.7 Å². The second-order valence-electron chi connectivity index (χ2n) is 4.49. The lowest BCUT2D eigenvalue weighted by Gasteiger charge is -2.06. The van der Waals surface area contributed by atoms with Gasteiger partial charge in [-0.3, -0.25) is 4.79 Å². The van der Waals surface area contributed by atoms with Crippen molar-refractivity contribution in [3.8, 4) is 0 Å². The van der Waals surface area contributed by atoms with Gasteiger partial charge in [0.1, 0.15) is 0 Å². The summed E-state index contributed by atoms with van der Waals surface area (Å²) >= 11 is 0. The monoisotopic (exact) mass is 316 g/mol. The van der Waals surface area contributed by atoms with Gasteiger partial charge in [0.15, 0.2) is 9.84 Å². The fraction of sp³-hybridized carbons (Fsp3) is 0.500. The molecule has 1 aromatic carbocycles. The molecule has 0 fully saturated rings. The number of aliphatic carboxylic acids is 1. The van der Waals surface area contributed by atoms with Crippen molar-refractivity contribution in [2.45, 2.75) is 17.7 Å². The molecule has 1 rings (SSSR count). The van der Waals surface area contributed by atoms with Gasteiger partial charge < -0.3 is 14.6 Å². The van der Waals surface area contributed by atoms with Gasteiger partial charge in [-0.05, 0) is 24.1 Å². The number of rotatable bonds is 10. The fourth-order valence-electron chi connectivity index (χ4n) is 1.68. The molecule has 1 N–H and O–H groups in total. The highest BCUT2D eigenvalue weighted by Gasteiger charge is 2.14. The number of hydrogen-bond donors (Lipinski definition) is 1. The van der Waals surface area contributed by atoms with Crippen LogP contribution in [0.4, 0.5) is 0 Å². The van der Waals surface area contributed by atoms with E-state index >= 15 is 0 Å². The lowest BCUT2D eigenvalue weighted by atomic mass is 10.2. The van der Waals surface area contributed by atoms with Gasteiger partial charge in [0.2, 0.25) is 0 Å². The molecule has 0 radical (unpaired) electrons. The number of benzene rings is 1.